The number of rotatable bonds is 4. The molecule has 0 saturated heterocycles. The van der Waals surface area contributed by atoms with Crippen molar-refractivity contribution in [3.05, 3.63) is 34.4 Å². The lowest BCUT2D eigenvalue weighted by atomic mass is 9.80. The van der Waals surface area contributed by atoms with Gasteiger partial charge >= 0.3 is 11.9 Å². The summed E-state index contributed by atoms with van der Waals surface area (Å²) in [6.07, 6.45) is -0.799. The van der Waals surface area contributed by atoms with Crippen LogP contribution in [0.3, 0.4) is 0 Å². The van der Waals surface area contributed by atoms with Crippen molar-refractivity contribution >= 4 is 11.9 Å². The average molecular weight is 294 g/mol. The molecule has 0 spiro atoms. The molecule has 20 heavy (non-hydrogen) atoms. The average Bonchev–Trinajstić information content (AvgIpc) is 2.24. The van der Waals surface area contributed by atoms with Crippen LogP contribution in [0.15, 0.2) is 0 Å². The molecule has 0 atom stereocenters. The number of hydrogen-bond donors (Lipinski definition) is 2. The molecule has 0 fully saturated rings. The van der Waals surface area contributed by atoms with Crippen LogP contribution >= 0.6 is 0 Å². The van der Waals surface area contributed by atoms with Gasteiger partial charge in [0.05, 0.1) is 6.42 Å². The maximum absolute atomic E-state index is 13.8. The zero-order chi connectivity index (χ0) is 15.8. The molecule has 0 amide bonds. The first-order chi connectivity index (χ1) is 9.00. The summed E-state index contributed by atoms with van der Waals surface area (Å²) in [5, 5.41) is 17.2. The largest absolute Gasteiger partial charge is 0.481 e. The third-order valence-electron chi connectivity index (χ3n) is 2.75. The van der Waals surface area contributed by atoms with Gasteiger partial charge in [-0.3, -0.25) is 4.79 Å². The van der Waals surface area contributed by atoms with Crippen LogP contribution in [0.1, 0.15) is 36.2 Å². The second-order valence-corrected chi connectivity index (χ2v) is 4.77. The Balaban J connectivity index is 3.67. The molecule has 0 aromatic heterocycles. The molecule has 110 valence electrons. The molecule has 8 heteroatoms. The van der Waals surface area contributed by atoms with Crippen LogP contribution in [0.4, 0.5) is 17.6 Å². The maximum atomic E-state index is 13.8. The fourth-order valence-corrected chi connectivity index (χ4v) is 1.88. The van der Waals surface area contributed by atoms with Gasteiger partial charge in [-0.05, 0) is 0 Å². The molecule has 2 N–H and O–H groups in total. The van der Waals surface area contributed by atoms with Gasteiger partial charge in [-0.2, -0.15) is 0 Å². The summed E-state index contributed by atoms with van der Waals surface area (Å²) in [5.74, 6) is -11.5. The first kappa shape index (κ1) is 15.9. The first-order valence-electron chi connectivity index (χ1n) is 5.32. The third-order valence-corrected chi connectivity index (χ3v) is 2.75. The predicted molar refractivity (Wildman–Crippen MR) is 58.5 cm³/mol. The number of carboxylic acid groups (broad SMARTS) is 2. The Morgan fingerprint density at radius 1 is 0.950 bits per heavy atom. The molecule has 0 aliphatic carbocycles. The van der Waals surface area contributed by atoms with E-state index in [1.807, 2.05) is 0 Å². The highest BCUT2D eigenvalue weighted by Gasteiger charge is 2.37. The van der Waals surface area contributed by atoms with Gasteiger partial charge in [0.25, 0.3) is 0 Å². The third kappa shape index (κ3) is 2.59. The highest BCUT2D eigenvalue weighted by Crippen LogP contribution is 2.35. The van der Waals surface area contributed by atoms with E-state index in [4.69, 9.17) is 10.2 Å². The van der Waals surface area contributed by atoms with E-state index >= 15 is 0 Å². The van der Waals surface area contributed by atoms with Crippen LogP contribution in [0, 0.1) is 23.3 Å². The molecular formula is C12H10F4O4. The molecular weight excluding hydrogens is 284 g/mol. The number of halogens is 4. The summed E-state index contributed by atoms with van der Waals surface area (Å²) in [5.41, 5.74) is -4.66. The number of benzene rings is 1. The Bertz CT molecular complexity index is 567. The van der Waals surface area contributed by atoms with Gasteiger partial charge in [0.1, 0.15) is 5.56 Å². The minimum atomic E-state index is -2.17. The smallest absolute Gasteiger partial charge is 0.341 e. The lowest BCUT2D eigenvalue weighted by Gasteiger charge is -2.25. The monoisotopic (exact) mass is 294 g/mol. The molecule has 0 bridgehead atoms. The lowest BCUT2D eigenvalue weighted by molar-refractivity contribution is -0.138. The van der Waals surface area contributed by atoms with Gasteiger partial charge in [-0.25, -0.2) is 22.4 Å². The Labute approximate surface area is 110 Å². The lowest BCUT2D eigenvalue weighted by Crippen LogP contribution is -2.27. The van der Waals surface area contributed by atoms with Crippen LogP contribution in [0.2, 0.25) is 0 Å². The van der Waals surface area contributed by atoms with E-state index in [1.165, 1.54) is 0 Å². The summed E-state index contributed by atoms with van der Waals surface area (Å²) in [6.45, 7) is 2.14. The minimum absolute atomic E-state index is 0.799. The van der Waals surface area contributed by atoms with Gasteiger partial charge in [0.2, 0.25) is 0 Å². The Morgan fingerprint density at radius 3 is 1.65 bits per heavy atom. The van der Waals surface area contributed by atoms with Crippen molar-refractivity contribution in [1.82, 2.24) is 0 Å². The van der Waals surface area contributed by atoms with E-state index < -0.39 is 58.2 Å². The van der Waals surface area contributed by atoms with Crippen LogP contribution in [0.25, 0.3) is 0 Å². The number of hydrogen-bond acceptors (Lipinski definition) is 2. The van der Waals surface area contributed by atoms with Crippen LogP contribution in [0.5, 0.6) is 0 Å². The molecule has 1 aromatic carbocycles. The molecule has 0 aliphatic heterocycles. The van der Waals surface area contributed by atoms with Crippen molar-refractivity contribution in [2.24, 2.45) is 0 Å². The topological polar surface area (TPSA) is 74.6 Å². The normalized spacial score (nSPS) is 11.5. The van der Waals surface area contributed by atoms with Crippen molar-refractivity contribution in [3.8, 4) is 0 Å². The zero-order valence-electron chi connectivity index (χ0n) is 10.4. The van der Waals surface area contributed by atoms with E-state index in [0.29, 0.717) is 0 Å². The Hall–Kier alpha value is -2.12. The molecule has 1 aromatic rings. The maximum Gasteiger partial charge on any atom is 0.341 e. The zero-order valence-corrected chi connectivity index (χ0v) is 10.4. The van der Waals surface area contributed by atoms with Crippen LogP contribution in [-0.2, 0) is 10.2 Å². The van der Waals surface area contributed by atoms with Gasteiger partial charge in [-0.1, -0.05) is 13.8 Å². The fraction of sp³-hybridized carbons (Fsp3) is 0.333. The van der Waals surface area contributed by atoms with Crippen molar-refractivity contribution in [2.75, 3.05) is 0 Å². The second-order valence-electron chi connectivity index (χ2n) is 4.77. The summed E-state index contributed by atoms with van der Waals surface area (Å²) < 4.78 is 54.6. The van der Waals surface area contributed by atoms with E-state index in [9.17, 15) is 27.2 Å². The highest BCUT2D eigenvalue weighted by atomic mass is 19.2. The Kier molecular flexibility index (Phi) is 4.07. The Morgan fingerprint density at radius 2 is 1.35 bits per heavy atom. The summed E-state index contributed by atoms with van der Waals surface area (Å²) in [7, 11) is 0. The number of carbonyl (C=O) groups is 2. The molecule has 0 saturated carbocycles. The number of aromatic carboxylic acids is 1. The molecule has 0 aliphatic rings. The standard InChI is InChI=1S/C12H10F4O4/c1-12(2,3-4(17)18)6-9(15)7(13)5(11(19)20)8(14)10(6)16/h3H2,1-2H3,(H,17,18)(H,19,20). The molecule has 0 unspecified atom stereocenters. The van der Waals surface area contributed by atoms with Crippen LogP contribution in [-0.4, -0.2) is 22.2 Å². The van der Waals surface area contributed by atoms with E-state index in [-0.39, 0.29) is 0 Å². The van der Waals surface area contributed by atoms with Crippen LogP contribution < -0.4 is 0 Å². The summed E-state index contributed by atoms with van der Waals surface area (Å²) >= 11 is 0. The molecule has 1 rings (SSSR count). The number of carboxylic acids is 2. The van der Waals surface area contributed by atoms with Gasteiger partial charge in [0, 0.05) is 11.0 Å². The summed E-state index contributed by atoms with van der Waals surface area (Å²) in [6, 6.07) is 0. The first-order valence-corrected chi connectivity index (χ1v) is 5.32. The summed E-state index contributed by atoms with van der Waals surface area (Å²) in [4.78, 5) is 21.2. The van der Waals surface area contributed by atoms with Crippen molar-refractivity contribution < 1.29 is 37.4 Å². The number of aliphatic carboxylic acids is 1. The minimum Gasteiger partial charge on any atom is -0.481 e. The SMILES string of the molecule is CC(C)(CC(=O)O)c1c(F)c(F)c(C(=O)O)c(F)c1F. The molecule has 0 heterocycles. The fourth-order valence-electron chi connectivity index (χ4n) is 1.88. The highest BCUT2D eigenvalue weighted by molar-refractivity contribution is 5.88. The second kappa shape index (κ2) is 5.10. The molecule has 0 radical (unpaired) electrons. The van der Waals surface area contributed by atoms with Crippen molar-refractivity contribution in [1.29, 1.82) is 0 Å². The van der Waals surface area contributed by atoms with Gasteiger partial charge < -0.3 is 10.2 Å². The van der Waals surface area contributed by atoms with Gasteiger partial charge in [0.15, 0.2) is 23.3 Å². The van der Waals surface area contributed by atoms with Crippen molar-refractivity contribution in [2.45, 2.75) is 25.7 Å². The predicted octanol–water partition coefficient (Wildman–Crippen LogP) is 2.69. The molecule has 4 nitrogen and oxygen atoms in total. The van der Waals surface area contributed by atoms with Gasteiger partial charge in [-0.15, -0.1) is 0 Å². The quantitative estimate of drug-likeness (QED) is 0.661. The van der Waals surface area contributed by atoms with Crippen molar-refractivity contribution in [3.63, 3.8) is 0 Å². The van der Waals surface area contributed by atoms with E-state index in [0.717, 1.165) is 13.8 Å². The van der Waals surface area contributed by atoms with E-state index in [2.05, 4.69) is 0 Å². The van der Waals surface area contributed by atoms with E-state index in [1.54, 1.807) is 0 Å².